The summed E-state index contributed by atoms with van der Waals surface area (Å²) in [6.07, 6.45) is 3.40. The number of unbranched alkanes of at least 4 members (excludes halogenated alkanes) is 1. The van der Waals surface area contributed by atoms with E-state index in [1.165, 1.54) is 37.5 Å². The third-order valence-corrected chi connectivity index (χ3v) is 16.8. The molecule has 1 aromatic carbocycles. The van der Waals surface area contributed by atoms with Gasteiger partial charge in [-0.1, -0.05) is 13.8 Å². The number of imide groups is 1. The SMILES string of the molecule is CCc1c2c(nc3cc(F)c(OCCNC(=O)CNC(=O)[C@H](C)NC(=O)[C@H](C)NC(=O)[C@H](C)NC(=O)[C@H](CCCCNC(=O)COCCOCCOCCOCCOCCOCCOCCOCCOCCOC)NC(=O)CCCN4C(=O)C=CC4=O)cc13)-c1cc3c(c(=O)n1C2)COC(=O)[C@]3(O)CC. The number of pyridine rings is 2. The highest BCUT2D eigenvalue weighted by Gasteiger charge is 2.46. The van der Waals surface area contributed by atoms with Gasteiger partial charge in [-0.15, -0.1) is 0 Å². The van der Waals surface area contributed by atoms with Crippen molar-refractivity contribution in [2.75, 3.05) is 165 Å². The van der Waals surface area contributed by atoms with E-state index in [1.54, 1.807) is 20.1 Å². The van der Waals surface area contributed by atoms with Crippen LogP contribution in [0, 0.1) is 5.82 Å². The number of carbonyl (C=O) groups excluding carboxylic acids is 10. The van der Waals surface area contributed by atoms with E-state index in [9.17, 15) is 57.8 Å². The summed E-state index contributed by atoms with van der Waals surface area (Å²) < 4.78 is 82.0. The molecule has 8 N–H and O–H groups in total. The van der Waals surface area contributed by atoms with Gasteiger partial charge in [-0.2, -0.15) is 0 Å². The van der Waals surface area contributed by atoms with Gasteiger partial charge >= 0.3 is 5.97 Å². The number of fused-ring (bicyclic) bond motifs is 5. The van der Waals surface area contributed by atoms with Gasteiger partial charge in [-0.3, -0.25) is 52.8 Å². The molecule has 582 valence electrons. The number of nitrogens with zero attached hydrogens (tertiary/aromatic N) is 3. The van der Waals surface area contributed by atoms with Crippen LogP contribution in [0.2, 0.25) is 0 Å². The number of ether oxygens (including phenoxy) is 12. The number of aromatic nitrogens is 2. The van der Waals surface area contributed by atoms with Crippen LogP contribution in [-0.2, 0) is 125 Å². The number of amides is 9. The number of aryl methyl sites for hydroxylation is 1. The van der Waals surface area contributed by atoms with E-state index in [0.29, 0.717) is 147 Å². The minimum Gasteiger partial charge on any atom is -0.489 e. The molecule has 3 aliphatic rings. The van der Waals surface area contributed by atoms with Crippen molar-refractivity contribution in [1.82, 2.24) is 51.7 Å². The Hall–Kier alpha value is -8.49. The quantitative estimate of drug-likeness (QED) is 0.0152. The summed E-state index contributed by atoms with van der Waals surface area (Å²) in [5.74, 6) is -7.43. The van der Waals surface area contributed by atoms with E-state index in [0.717, 1.165) is 22.6 Å². The maximum absolute atomic E-state index is 15.6. The molecule has 6 rings (SSSR count). The number of nitrogens with one attached hydrogen (secondary N) is 7. The number of carbonyl (C=O) groups is 10. The van der Waals surface area contributed by atoms with Gasteiger partial charge in [0.25, 0.3) is 17.4 Å². The number of methoxy groups -OCH3 is 1. The Morgan fingerprint density at radius 3 is 1.67 bits per heavy atom. The van der Waals surface area contributed by atoms with Gasteiger partial charge in [0.1, 0.15) is 44.0 Å². The molecule has 0 fully saturated rings. The standard InChI is InChI=1S/C70H101FN10O24/c1-7-48-49-38-57(53(71)40-55(49)79-63-50(48)42-81-56(63)39-52-51(68(81)91)43-105-69(92)70(52,93)8-2)104-19-17-73-59(83)41-74-64(87)45(3)75-65(88)46(4)76-66(89)47(5)77-67(90)54(78-58(82)13-11-18-80-61(85)14-15-62(80)86)12-9-10-16-72-60(84)44-103-37-36-102-35-34-101-33-32-100-31-30-99-29-28-98-27-26-97-25-24-96-23-22-95-21-20-94-6/h14-15,38-40,45-47,54,93H,7-13,16-37,41-44H2,1-6H3,(H,72,84)(H,73,83)(H,74,87)(H,75,88)(H,76,89)(H,77,90)(H,78,82)/t45-,46-,47-,54-,70-/m0/s1. The van der Waals surface area contributed by atoms with Crippen molar-refractivity contribution in [1.29, 1.82) is 0 Å². The van der Waals surface area contributed by atoms with Gasteiger partial charge in [0, 0.05) is 61.4 Å². The molecule has 5 atom stereocenters. The van der Waals surface area contributed by atoms with Crippen molar-refractivity contribution in [3.63, 3.8) is 0 Å². The second kappa shape index (κ2) is 45.8. The van der Waals surface area contributed by atoms with Crippen molar-refractivity contribution in [3.8, 4) is 17.1 Å². The van der Waals surface area contributed by atoms with E-state index in [-0.39, 0.29) is 107 Å². The van der Waals surface area contributed by atoms with Gasteiger partial charge in [-0.25, -0.2) is 14.2 Å². The highest BCUT2D eigenvalue weighted by atomic mass is 19.1. The van der Waals surface area contributed by atoms with E-state index in [4.69, 9.17) is 61.8 Å². The maximum atomic E-state index is 15.6. The Balaban J connectivity index is 0.814. The molecule has 3 aromatic rings. The van der Waals surface area contributed by atoms with Crippen LogP contribution in [-0.4, -0.2) is 268 Å². The molecule has 5 heterocycles. The summed E-state index contributed by atoms with van der Waals surface area (Å²) in [5, 5.41) is 29.6. The van der Waals surface area contributed by atoms with Gasteiger partial charge < -0.3 is 104 Å². The average molecular weight is 1490 g/mol. The molecule has 0 unspecified atom stereocenters. The summed E-state index contributed by atoms with van der Waals surface area (Å²) in [6, 6.07) is -0.569. The normalized spacial score (nSPS) is 15.5. The topological polar surface area (TPSA) is 424 Å². The molecule has 3 aliphatic heterocycles. The van der Waals surface area contributed by atoms with Crippen molar-refractivity contribution < 1.29 is 114 Å². The molecule has 0 bridgehead atoms. The highest BCUT2D eigenvalue weighted by Crippen LogP contribution is 2.41. The minimum absolute atomic E-state index is 0.0269. The average Bonchev–Trinajstić information content (AvgIpc) is 1.60. The van der Waals surface area contributed by atoms with Gasteiger partial charge in [-0.05, 0) is 77.0 Å². The first-order valence-corrected chi connectivity index (χ1v) is 35.3. The first-order chi connectivity index (χ1) is 50.6. The fourth-order valence-electron chi connectivity index (χ4n) is 11.0. The molecule has 35 heteroatoms. The lowest BCUT2D eigenvalue weighted by atomic mass is 9.86. The lowest BCUT2D eigenvalue weighted by Gasteiger charge is -2.31. The lowest BCUT2D eigenvalue weighted by Crippen LogP contribution is -2.56. The number of hydrogen-bond acceptors (Lipinski definition) is 25. The molecule has 2 aromatic heterocycles. The van der Waals surface area contributed by atoms with Gasteiger partial charge in [0.15, 0.2) is 17.2 Å². The monoisotopic (exact) mass is 1480 g/mol. The largest absolute Gasteiger partial charge is 0.489 e. The zero-order valence-corrected chi connectivity index (χ0v) is 60.6. The van der Waals surface area contributed by atoms with E-state index in [1.807, 2.05) is 6.92 Å². The Morgan fingerprint density at radius 2 is 1.12 bits per heavy atom. The van der Waals surface area contributed by atoms with Crippen molar-refractivity contribution in [2.24, 2.45) is 0 Å². The fraction of sp³-hybridized carbons (Fsp3) is 0.629. The molecule has 9 amide bonds. The second-order valence-electron chi connectivity index (χ2n) is 24.5. The number of cyclic esters (lactones) is 1. The molecular weight excluding hydrogens is 1380 g/mol. The summed E-state index contributed by atoms with van der Waals surface area (Å²) in [7, 11) is 1.62. The predicted octanol–water partition coefficient (Wildman–Crippen LogP) is -0.821. The van der Waals surface area contributed by atoms with Crippen LogP contribution < -0.4 is 47.5 Å². The van der Waals surface area contributed by atoms with Crippen LogP contribution in [0.5, 0.6) is 5.75 Å². The first kappa shape index (κ1) is 85.4. The zero-order valence-electron chi connectivity index (χ0n) is 60.6. The summed E-state index contributed by atoms with van der Waals surface area (Å²) in [5.41, 5.74) is 0.451. The Kier molecular flexibility index (Phi) is 37.3. The Morgan fingerprint density at radius 1 is 0.600 bits per heavy atom. The number of hydrogen-bond donors (Lipinski definition) is 8. The molecule has 0 radical (unpaired) electrons. The van der Waals surface area contributed by atoms with Crippen LogP contribution in [0.3, 0.4) is 0 Å². The maximum Gasteiger partial charge on any atom is 0.343 e. The van der Waals surface area contributed by atoms with Crippen molar-refractivity contribution >= 4 is 70.0 Å². The summed E-state index contributed by atoms with van der Waals surface area (Å²) in [6.45, 7) is 14.0. The number of esters is 1. The molecule has 34 nitrogen and oxygen atoms in total. The van der Waals surface area contributed by atoms with Gasteiger partial charge in [0.2, 0.25) is 41.4 Å². The molecule has 0 saturated carbocycles. The van der Waals surface area contributed by atoms with E-state index >= 15 is 4.39 Å². The van der Waals surface area contributed by atoms with E-state index < -0.39 is 107 Å². The summed E-state index contributed by atoms with van der Waals surface area (Å²) in [4.78, 5) is 148. The molecule has 0 aliphatic carbocycles. The minimum atomic E-state index is -2.01. The Bertz CT molecular complexity index is 3490. The smallest absolute Gasteiger partial charge is 0.343 e. The van der Waals surface area contributed by atoms with Crippen LogP contribution >= 0.6 is 0 Å². The van der Waals surface area contributed by atoms with E-state index in [2.05, 4.69) is 37.2 Å². The van der Waals surface area contributed by atoms with Crippen molar-refractivity contribution in [3.05, 3.63) is 68.8 Å². The fourth-order valence-corrected chi connectivity index (χ4v) is 11.0. The van der Waals surface area contributed by atoms with Gasteiger partial charge in [0.05, 0.1) is 161 Å². The number of rotatable bonds is 54. The summed E-state index contributed by atoms with van der Waals surface area (Å²) >= 11 is 0. The lowest BCUT2D eigenvalue weighted by molar-refractivity contribution is -0.172. The third kappa shape index (κ3) is 27.4. The molecule has 0 saturated heterocycles. The van der Waals surface area contributed by atoms with Crippen LogP contribution in [0.25, 0.3) is 22.3 Å². The highest BCUT2D eigenvalue weighted by molar-refractivity contribution is 6.13. The van der Waals surface area contributed by atoms with Crippen molar-refractivity contribution in [2.45, 2.75) is 122 Å². The first-order valence-electron chi connectivity index (χ1n) is 35.3. The second-order valence-corrected chi connectivity index (χ2v) is 24.5. The van der Waals surface area contributed by atoms with Crippen LogP contribution in [0.15, 0.2) is 35.1 Å². The Labute approximate surface area is 607 Å². The molecule has 105 heavy (non-hydrogen) atoms. The van der Waals surface area contributed by atoms with Crippen LogP contribution in [0.1, 0.15) is 95.4 Å². The number of benzene rings is 1. The molecular formula is C70H101FN10O24. The number of aliphatic hydroxyl groups is 1. The predicted molar refractivity (Wildman–Crippen MR) is 371 cm³/mol. The molecule has 0 spiro atoms. The third-order valence-electron chi connectivity index (χ3n) is 16.8. The zero-order chi connectivity index (χ0) is 76.1. The van der Waals surface area contributed by atoms with Crippen LogP contribution in [0.4, 0.5) is 4.39 Å². The number of halogens is 1.